The summed E-state index contributed by atoms with van der Waals surface area (Å²) in [4.78, 5) is 17.5. The van der Waals surface area contributed by atoms with Crippen molar-refractivity contribution in [2.24, 2.45) is 10.7 Å². The first-order valence-corrected chi connectivity index (χ1v) is 7.65. The van der Waals surface area contributed by atoms with Crippen LogP contribution in [0.1, 0.15) is 39.2 Å². The zero-order valence-electron chi connectivity index (χ0n) is 12.6. The number of carbonyl (C=O) groups excluding carboxylic acids is 1. The summed E-state index contributed by atoms with van der Waals surface area (Å²) in [5.41, 5.74) is 5.64. The van der Waals surface area contributed by atoms with Gasteiger partial charge in [0.15, 0.2) is 11.6 Å². The lowest BCUT2D eigenvalue weighted by Gasteiger charge is -2.37. The van der Waals surface area contributed by atoms with Gasteiger partial charge in [0, 0.05) is 10.6 Å². The van der Waals surface area contributed by atoms with Crippen molar-refractivity contribution in [3.8, 4) is 0 Å². The summed E-state index contributed by atoms with van der Waals surface area (Å²) in [7, 11) is 0. The number of nitrogens with zero attached hydrogens (tertiary/aromatic N) is 1. The number of hydrogen-bond donors (Lipinski definition) is 1. The standard InChI is InChI=1S/C16H21ClN2O2/c1-4-13-14(20)16(5-2,19-15(21-13)10(3)18)11-8-6-7-9-12(11)17/h6-10,13H,4-5,18H2,1-3H3/t10-,13?,16?/m0/s1. The number of carbonyl (C=O) groups is 1. The van der Waals surface area contributed by atoms with E-state index in [1.807, 2.05) is 32.0 Å². The molecule has 114 valence electrons. The molecule has 0 spiro atoms. The van der Waals surface area contributed by atoms with Gasteiger partial charge in [0.25, 0.3) is 0 Å². The molecule has 1 heterocycles. The Hall–Kier alpha value is -1.39. The number of ether oxygens (including phenoxy) is 1. The van der Waals surface area contributed by atoms with Crippen molar-refractivity contribution in [3.05, 3.63) is 34.9 Å². The molecule has 0 amide bonds. The highest BCUT2D eigenvalue weighted by molar-refractivity contribution is 6.32. The third-order valence-corrected chi connectivity index (χ3v) is 4.19. The lowest BCUT2D eigenvalue weighted by molar-refractivity contribution is -0.134. The number of ketones is 1. The molecule has 1 aliphatic rings. The summed E-state index contributed by atoms with van der Waals surface area (Å²) < 4.78 is 5.66. The highest BCUT2D eigenvalue weighted by Gasteiger charge is 2.47. The van der Waals surface area contributed by atoms with Crippen molar-refractivity contribution in [1.82, 2.24) is 0 Å². The van der Waals surface area contributed by atoms with Crippen LogP contribution in [0.5, 0.6) is 0 Å². The van der Waals surface area contributed by atoms with E-state index in [0.29, 0.717) is 23.8 Å². The fourth-order valence-electron chi connectivity index (χ4n) is 2.65. The van der Waals surface area contributed by atoms with Crippen molar-refractivity contribution < 1.29 is 9.53 Å². The molecule has 5 heteroatoms. The smallest absolute Gasteiger partial charge is 0.205 e. The van der Waals surface area contributed by atoms with Gasteiger partial charge < -0.3 is 10.5 Å². The van der Waals surface area contributed by atoms with Gasteiger partial charge in [-0.05, 0) is 25.8 Å². The number of halogens is 1. The number of Topliss-reactive ketones (excluding diaryl/α,β-unsaturated/α-hetero) is 1. The van der Waals surface area contributed by atoms with Gasteiger partial charge in [-0.25, -0.2) is 4.99 Å². The van der Waals surface area contributed by atoms with Crippen LogP contribution in [0.3, 0.4) is 0 Å². The van der Waals surface area contributed by atoms with Gasteiger partial charge in [-0.1, -0.05) is 43.6 Å². The first kappa shape index (κ1) is 16.0. The Kier molecular flexibility index (Phi) is 4.69. The molecule has 0 aliphatic carbocycles. The molecule has 1 aromatic carbocycles. The molecule has 3 atom stereocenters. The van der Waals surface area contributed by atoms with Crippen molar-refractivity contribution in [1.29, 1.82) is 0 Å². The van der Waals surface area contributed by atoms with E-state index in [9.17, 15) is 4.79 Å². The predicted molar refractivity (Wildman–Crippen MR) is 84.7 cm³/mol. The maximum atomic E-state index is 12.9. The minimum atomic E-state index is -1.000. The summed E-state index contributed by atoms with van der Waals surface area (Å²) in [5, 5.41) is 0.539. The van der Waals surface area contributed by atoms with E-state index in [1.54, 1.807) is 13.0 Å². The molecule has 0 fully saturated rings. The Balaban J connectivity index is 2.65. The Labute approximate surface area is 130 Å². The zero-order valence-corrected chi connectivity index (χ0v) is 13.4. The van der Waals surface area contributed by atoms with Crippen molar-refractivity contribution >= 4 is 23.3 Å². The fraction of sp³-hybridized carbons (Fsp3) is 0.500. The van der Waals surface area contributed by atoms with E-state index in [4.69, 9.17) is 22.1 Å². The van der Waals surface area contributed by atoms with E-state index in [-0.39, 0.29) is 11.8 Å². The molecule has 0 saturated carbocycles. The topological polar surface area (TPSA) is 64.7 Å². The van der Waals surface area contributed by atoms with Crippen molar-refractivity contribution in [3.63, 3.8) is 0 Å². The lowest BCUT2D eigenvalue weighted by atomic mass is 9.80. The van der Waals surface area contributed by atoms with Crippen LogP contribution < -0.4 is 5.73 Å². The molecule has 4 nitrogen and oxygen atoms in total. The third-order valence-electron chi connectivity index (χ3n) is 3.86. The Morgan fingerprint density at radius 1 is 1.43 bits per heavy atom. The average Bonchev–Trinajstić information content (AvgIpc) is 2.48. The van der Waals surface area contributed by atoms with Crippen molar-refractivity contribution in [2.75, 3.05) is 0 Å². The minimum Gasteiger partial charge on any atom is -0.468 e. The van der Waals surface area contributed by atoms with Crippen LogP contribution in [0.15, 0.2) is 29.3 Å². The van der Waals surface area contributed by atoms with Gasteiger partial charge in [0.1, 0.15) is 0 Å². The van der Waals surface area contributed by atoms with Crippen LogP contribution in [0, 0.1) is 0 Å². The molecule has 0 saturated heterocycles. The minimum absolute atomic E-state index is 0.0509. The Morgan fingerprint density at radius 3 is 2.62 bits per heavy atom. The molecule has 2 unspecified atom stereocenters. The van der Waals surface area contributed by atoms with Crippen LogP contribution in [0.2, 0.25) is 5.02 Å². The van der Waals surface area contributed by atoms with Gasteiger partial charge in [0.2, 0.25) is 11.7 Å². The normalized spacial score (nSPS) is 27.0. The molecule has 0 radical (unpaired) electrons. The Bertz CT molecular complexity index is 571. The average molecular weight is 309 g/mol. The third kappa shape index (κ3) is 2.70. The molecule has 1 aromatic rings. The SMILES string of the molecule is CCC1OC([C@H](C)N)=NC(CC)(c2ccccc2Cl)C1=O. The summed E-state index contributed by atoms with van der Waals surface area (Å²) >= 11 is 6.32. The van der Waals surface area contributed by atoms with E-state index < -0.39 is 11.6 Å². The van der Waals surface area contributed by atoms with E-state index in [1.165, 1.54) is 0 Å². The summed E-state index contributed by atoms with van der Waals surface area (Å²) in [5.74, 6) is 0.369. The monoisotopic (exact) mass is 308 g/mol. The molecule has 0 aromatic heterocycles. The highest BCUT2D eigenvalue weighted by Crippen LogP contribution is 2.39. The maximum absolute atomic E-state index is 12.9. The van der Waals surface area contributed by atoms with E-state index >= 15 is 0 Å². The van der Waals surface area contributed by atoms with Gasteiger partial charge in [-0.2, -0.15) is 0 Å². The second-order valence-electron chi connectivity index (χ2n) is 5.31. The lowest BCUT2D eigenvalue weighted by Crippen LogP contribution is -2.50. The van der Waals surface area contributed by atoms with Gasteiger partial charge in [0.05, 0.1) is 6.04 Å². The van der Waals surface area contributed by atoms with Crippen LogP contribution in [-0.4, -0.2) is 23.8 Å². The number of nitrogens with two attached hydrogens (primary N) is 1. The van der Waals surface area contributed by atoms with Crippen LogP contribution in [0.4, 0.5) is 0 Å². The number of benzene rings is 1. The van der Waals surface area contributed by atoms with E-state index in [0.717, 1.165) is 5.56 Å². The quantitative estimate of drug-likeness (QED) is 0.929. The zero-order chi connectivity index (χ0) is 15.6. The fourth-order valence-corrected chi connectivity index (χ4v) is 2.94. The molecule has 2 rings (SSSR count). The van der Waals surface area contributed by atoms with E-state index in [2.05, 4.69) is 4.99 Å². The van der Waals surface area contributed by atoms with Gasteiger partial charge >= 0.3 is 0 Å². The van der Waals surface area contributed by atoms with Crippen molar-refractivity contribution in [2.45, 2.75) is 51.3 Å². The molecule has 1 aliphatic heterocycles. The molecule has 0 bridgehead atoms. The van der Waals surface area contributed by atoms with Crippen LogP contribution >= 0.6 is 11.6 Å². The first-order chi connectivity index (χ1) is 9.96. The first-order valence-electron chi connectivity index (χ1n) is 7.27. The van der Waals surface area contributed by atoms with Crippen LogP contribution in [0.25, 0.3) is 0 Å². The van der Waals surface area contributed by atoms with Crippen LogP contribution in [-0.2, 0) is 15.1 Å². The highest BCUT2D eigenvalue weighted by atomic mass is 35.5. The number of rotatable bonds is 4. The van der Waals surface area contributed by atoms with Gasteiger partial charge in [-0.3, -0.25) is 4.79 Å². The second-order valence-corrected chi connectivity index (χ2v) is 5.72. The molecular weight excluding hydrogens is 288 g/mol. The summed E-state index contributed by atoms with van der Waals surface area (Å²) in [6, 6.07) is 6.97. The molecule has 2 N–H and O–H groups in total. The molecular formula is C16H21ClN2O2. The second kappa shape index (κ2) is 6.16. The largest absolute Gasteiger partial charge is 0.468 e. The summed E-state index contributed by atoms with van der Waals surface area (Å²) in [6.45, 7) is 5.65. The predicted octanol–water partition coefficient (Wildman–Crippen LogP) is 3.07. The number of aliphatic imine (C=N–C) groups is 1. The number of hydrogen-bond acceptors (Lipinski definition) is 4. The Morgan fingerprint density at radius 2 is 2.10 bits per heavy atom. The summed E-state index contributed by atoms with van der Waals surface area (Å²) in [6.07, 6.45) is 0.572. The molecule has 21 heavy (non-hydrogen) atoms. The van der Waals surface area contributed by atoms with Gasteiger partial charge in [-0.15, -0.1) is 0 Å². The maximum Gasteiger partial charge on any atom is 0.205 e.